The van der Waals surface area contributed by atoms with E-state index in [1.54, 1.807) is 31.2 Å². The number of ether oxygens (including phenoxy) is 2. The van der Waals surface area contributed by atoms with Gasteiger partial charge in [-0.3, -0.25) is 4.79 Å². The van der Waals surface area contributed by atoms with Gasteiger partial charge in [-0.15, -0.1) is 0 Å². The molecule has 7 nitrogen and oxygen atoms in total. The van der Waals surface area contributed by atoms with Crippen molar-refractivity contribution in [3.05, 3.63) is 56.4 Å². The topological polar surface area (TPSA) is 82.8 Å². The molecule has 9 heteroatoms. The predicted molar refractivity (Wildman–Crippen MR) is 88.6 cm³/mol. The van der Waals surface area contributed by atoms with Gasteiger partial charge in [-0.25, -0.2) is 9.78 Å². The van der Waals surface area contributed by atoms with Crippen molar-refractivity contribution in [3.63, 3.8) is 0 Å². The lowest BCUT2D eigenvalue weighted by molar-refractivity contribution is -0.147. The number of para-hydroxylation sites is 1. The number of fused-ring (bicyclic) bond motifs is 1. The fraction of sp³-hybridized carbons (Fsp3) is 0.200. The van der Waals surface area contributed by atoms with E-state index in [9.17, 15) is 9.59 Å². The molecule has 0 atom stereocenters. The van der Waals surface area contributed by atoms with Crippen LogP contribution in [0.3, 0.4) is 0 Å². The number of hydrogen-bond acceptors (Lipinski definition) is 7. The first kappa shape index (κ1) is 16.4. The molecule has 1 aromatic carbocycles. The molecule has 0 amide bonds. The molecule has 0 saturated carbocycles. The van der Waals surface area contributed by atoms with Crippen molar-refractivity contribution in [1.29, 1.82) is 0 Å². The lowest BCUT2D eigenvalue weighted by atomic mass is 10.3. The monoisotopic (exact) mass is 365 g/mol. The van der Waals surface area contributed by atoms with Crippen molar-refractivity contribution in [2.45, 2.75) is 13.5 Å². The average Bonchev–Trinajstić information content (AvgIpc) is 2.93. The Bertz CT molecular complexity index is 953. The van der Waals surface area contributed by atoms with Gasteiger partial charge in [-0.1, -0.05) is 35.1 Å². The van der Waals surface area contributed by atoms with Crippen LogP contribution in [0.5, 0.6) is 5.75 Å². The van der Waals surface area contributed by atoms with Crippen LogP contribution in [0.1, 0.15) is 10.7 Å². The molecule has 0 radical (unpaired) electrons. The molecule has 0 saturated heterocycles. The lowest BCUT2D eigenvalue weighted by Crippen LogP contribution is -2.18. The Balaban J connectivity index is 1.60. The van der Waals surface area contributed by atoms with Crippen LogP contribution < -0.4 is 10.3 Å². The second-order valence-corrected chi connectivity index (χ2v) is 6.35. The normalized spacial score (nSPS) is 10.8. The average molecular weight is 366 g/mol. The van der Waals surface area contributed by atoms with Crippen LogP contribution in [-0.4, -0.2) is 27.2 Å². The molecule has 2 aromatic heterocycles. The molecule has 0 fully saturated rings. The Morgan fingerprint density at radius 2 is 2.17 bits per heavy atom. The summed E-state index contributed by atoms with van der Waals surface area (Å²) in [4.78, 5) is 28.3. The minimum absolute atomic E-state index is 0.118. The van der Waals surface area contributed by atoms with Crippen LogP contribution in [0.25, 0.3) is 4.96 Å². The molecule has 3 aromatic rings. The van der Waals surface area contributed by atoms with Gasteiger partial charge in [0, 0.05) is 6.07 Å². The highest BCUT2D eigenvalue weighted by atomic mass is 35.5. The zero-order valence-corrected chi connectivity index (χ0v) is 14.1. The quantitative estimate of drug-likeness (QED) is 0.645. The van der Waals surface area contributed by atoms with E-state index < -0.39 is 5.97 Å². The smallest absolute Gasteiger partial charge is 0.344 e. The van der Waals surface area contributed by atoms with Gasteiger partial charge in [-0.2, -0.15) is 9.61 Å². The first-order chi connectivity index (χ1) is 11.5. The summed E-state index contributed by atoms with van der Waals surface area (Å²) in [6, 6.07) is 8.10. The Kier molecular flexibility index (Phi) is 4.77. The summed E-state index contributed by atoms with van der Waals surface area (Å²) >= 11 is 7.21. The van der Waals surface area contributed by atoms with Gasteiger partial charge in [0.2, 0.25) is 4.96 Å². The van der Waals surface area contributed by atoms with E-state index in [0.29, 0.717) is 21.4 Å². The van der Waals surface area contributed by atoms with Crippen LogP contribution in [-0.2, 0) is 16.1 Å². The fourth-order valence-electron chi connectivity index (χ4n) is 1.92. The molecule has 0 bridgehead atoms. The number of halogens is 1. The van der Waals surface area contributed by atoms with Crippen molar-refractivity contribution in [2.24, 2.45) is 0 Å². The summed E-state index contributed by atoms with van der Waals surface area (Å²) in [7, 11) is 0. The number of nitrogens with zero attached hydrogens (tertiary/aromatic N) is 3. The number of aryl methyl sites for hydroxylation is 1. The Labute approximate surface area is 145 Å². The highest BCUT2D eigenvalue weighted by Crippen LogP contribution is 2.22. The summed E-state index contributed by atoms with van der Waals surface area (Å²) in [5.74, 6) is -0.188. The van der Waals surface area contributed by atoms with Crippen molar-refractivity contribution < 1.29 is 14.3 Å². The maximum absolute atomic E-state index is 11.9. The van der Waals surface area contributed by atoms with Gasteiger partial charge in [-0.05, 0) is 19.1 Å². The maximum atomic E-state index is 11.9. The number of hydrogen-bond donors (Lipinski definition) is 0. The number of carbonyl (C=O) groups excluding carboxylic acids is 1. The summed E-state index contributed by atoms with van der Waals surface area (Å²) in [5.41, 5.74) is 0.0393. The largest absolute Gasteiger partial charge is 0.480 e. The van der Waals surface area contributed by atoms with Gasteiger partial charge in [0.1, 0.15) is 17.4 Å². The molecule has 2 heterocycles. The third-order valence-electron chi connectivity index (χ3n) is 2.96. The Morgan fingerprint density at radius 3 is 2.96 bits per heavy atom. The molecular formula is C15H12ClN3O4S. The predicted octanol–water partition coefficient (Wildman–Crippen LogP) is 2.24. The highest BCUT2D eigenvalue weighted by Gasteiger charge is 2.10. The molecule has 0 unspecified atom stereocenters. The second kappa shape index (κ2) is 6.98. The van der Waals surface area contributed by atoms with Gasteiger partial charge in [0.25, 0.3) is 5.56 Å². The van der Waals surface area contributed by atoms with E-state index in [1.807, 2.05) is 0 Å². The van der Waals surface area contributed by atoms with Gasteiger partial charge in [0.15, 0.2) is 6.61 Å². The minimum Gasteiger partial charge on any atom is -0.480 e. The molecule has 0 spiro atoms. The third-order valence-corrected chi connectivity index (χ3v) is 4.10. The Morgan fingerprint density at radius 1 is 1.38 bits per heavy atom. The van der Waals surface area contributed by atoms with Crippen molar-refractivity contribution >= 4 is 33.9 Å². The van der Waals surface area contributed by atoms with Gasteiger partial charge < -0.3 is 9.47 Å². The third kappa shape index (κ3) is 3.72. The SMILES string of the molecule is Cc1nn2c(=O)cc(COC(=O)COc3ccccc3Cl)nc2s1. The summed E-state index contributed by atoms with van der Waals surface area (Å²) in [6.45, 7) is 1.38. The molecule has 0 aliphatic carbocycles. The molecule has 0 aliphatic rings. The molecular weight excluding hydrogens is 354 g/mol. The van der Waals surface area contributed by atoms with Crippen molar-refractivity contribution in [3.8, 4) is 5.75 Å². The lowest BCUT2D eigenvalue weighted by Gasteiger charge is -2.07. The second-order valence-electron chi connectivity index (χ2n) is 4.78. The van der Waals surface area contributed by atoms with Crippen LogP contribution in [0.4, 0.5) is 0 Å². The fourth-order valence-corrected chi connectivity index (χ4v) is 2.88. The zero-order chi connectivity index (χ0) is 17.1. The number of rotatable bonds is 5. The van der Waals surface area contributed by atoms with Gasteiger partial charge in [0.05, 0.1) is 10.7 Å². The molecule has 0 aliphatic heterocycles. The van der Waals surface area contributed by atoms with E-state index in [1.165, 1.54) is 21.9 Å². The highest BCUT2D eigenvalue weighted by molar-refractivity contribution is 7.16. The zero-order valence-electron chi connectivity index (χ0n) is 12.6. The molecule has 124 valence electrons. The maximum Gasteiger partial charge on any atom is 0.344 e. The van der Waals surface area contributed by atoms with E-state index in [4.69, 9.17) is 21.1 Å². The van der Waals surface area contributed by atoms with Crippen molar-refractivity contribution in [2.75, 3.05) is 6.61 Å². The summed E-state index contributed by atoms with van der Waals surface area (Å²) in [6.07, 6.45) is 0. The molecule has 24 heavy (non-hydrogen) atoms. The summed E-state index contributed by atoms with van der Waals surface area (Å²) < 4.78 is 11.6. The number of esters is 1. The number of aromatic nitrogens is 3. The molecule has 3 rings (SSSR count). The van der Waals surface area contributed by atoms with E-state index in [2.05, 4.69) is 10.1 Å². The first-order valence-corrected chi connectivity index (χ1v) is 8.12. The Hall–Kier alpha value is -2.45. The van der Waals surface area contributed by atoms with Crippen LogP contribution in [0, 0.1) is 6.92 Å². The summed E-state index contributed by atoms with van der Waals surface area (Å²) in [5, 5.41) is 5.17. The van der Waals surface area contributed by atoms with E-state index in [0.717, 1.165) is 5.01 Å². The van der Waals surface area contributed by atoms with E-state index in [-0.39, 0.29) is 18.8 Å². The minimum atomic E-state index is -0.586. The van der Waals surface area contributed by atoms with Crippen LogP contribution in [0.2, 0.25) is 5.02 Å². The van der Waals surface area contributed by atoms with E-state index >= 15 is 0 Å². The van der Waals surface area contributed by atoms with Crippen LogP contribution >= 0.6 is 22.9 Å². The first-order valence-electron chi connectivity index (χ1n) is 6.92. The number of benzene rings is 1. The van der Waals surface area contributed by atoms with Gasteiger partial charge >= 0.3 is 5.97 Å². The standard InChI is InChI=1S/C15H12ClN3O4S/c1-9-18-19-13(20)6-10(17-15(19)24-9)7-23-14(21)8-22-12-5-3-2-4-11(12)16/h2-6H,7-8H2,1H3. The van der Waals surface area contributed by atoms with Crippen LogP contribution in [0.15, 0.2) is 35.1 Å². The molecule has 0 N–H and O–H groups in total. The number of carbonyl (C=O) groups is 1. The van der Waals surface area contributed by atoms with Crippen molar-refractivity contribution in [1.82, 2.24) is 14.6 Å².